The van der Waals surface area contributed by atoms with Gasteiger partial charge in [0, 0.05) is 19.6 Å². The highest BCUT2D eigenvalue weighted by Crippen LogP contribution is 2.16. The monoisotopic (exact) mass is 277 g/mol. The van der Waals surface area contributed by atoms with Gasteiger partial charge in [-0.05, 0) is 42.3 Å². The third-order valence-corrected chi connectivity index (χ3v) is 4.81. The maximum atomic E-state index is 11.9. The van der Waals surface area contributed by atoms with Crippen LogP contribution in [0.2, 0.25) is 0 Å². The zero-order chi connectivity index (χ0) is 12.9. The van der Waals surface area contributed by atoms with Gasteiger partial charge in [-0.2, -0.15) is 28.8 Å². The summed E-state index contributed by atoms with van der Waals surface area (Å²) in [6.07, 6.45) is 0.657. The Labute approximate surface area is 107 Å². The molecule has 1 atom stereocenters. The summed E-state index contributed by atoms with van der Waals surface area (Å²) >= 11 is 1.55. The van der Waals surface area contributed by atoms with Crippen LogP contribution < -0.4 is 10.5 Å². The largest absolute Gasteiger partial charge is 0.330 e. The molecule has 0 saturated heterocycles. The molecule has 0 aliphatic heterocycles. The van der Waals surface area contributed by atoms with Gasteiger partial charge in [0.05, 0.1) is 0 Å². The smallest absolute Gasteiger partial charge is 0.279 e. The molecule has 0 radical (unpaired) electrons. The summed E-state index contributed by atoms with van der Waals surface area (Å²) in [7, 11) is -1.87. The van der Waals surface area contributed by atoms with Crippen molar-refractivity contribution >= 4 is 21.5 Å². The Bertz CT molecular complexity index is 417. The van der Waals surface area contributed by atoms with Crippen molar-refractivity contribution in [1.82, 2.24) is 9.03 Å². The van der Waals surface area contributed by atoms with Gasteiger partial charge in [-0.25, -0.2) is 0 Å². The van der Waals surface area contributed by atoms with Crippen LogP contribution in [0.5, 0.6) is 0 Å². The van der Waals surface area contributed by atoms with Crippen LogP contribution in [-0.2, 0) is 10.2 Å². The summed E-state index contributed by atoms with van der Waals surface area (Å²) in [5, 5.41) is 3.87. The van der Waals surface area contributed by atoms with E-state index in [1.165, 1.54) is 4.31 Å². The number of nitrogens with one attached hydrogen (secondary N) is 1. The van der Waals surface area contributed by atoms with Gasteiger partial charge in [-0.15, -0.1) is 0 Å². The molecule has 98 valence electrons. The molecule has 3 N–H and O–H groups in total. The van der Waals surface area contributed by atoms with E-state index in [1.54, 1.807) is 18.4 Å². The van der Waals surface area contributed by atoms with Crippen LogP contribution in [0.25, 0.3) is 0 Å². The van der Waals surface area contributed by atoms with E-state index < -0.39 is 10.2 Å². The number of hydrogen-bond donors (Lipinski definition) is 2. The van der Waals surface area contributed by atoms with E-state index in [9.17, 15) is 8.42 Å². The van der Waals surface area contributed by atoms with E-state index in [1.807, 2.05) is 23.8 Å². The fourth-order valence-electron chi connectivity index (χ4n) is 1.34. The standard InChI is InChI=1S/C10H19N3O2S2/c1-9(10-4-7-16-8-10)12-17(14,15)13(2)6-3-5-11/h4,7-9,12H,3,5-6,11H2,1-2H3. The molecule has 0 aliphatic carbocycles. The van der Waals surface area contributed by atoms with Gasteiger partial charge < -0.3 is 5.73 Å². The average molecular weight is 277 g/mol. The Morgan fingerprint density at radius 3 is 2.82 bits per heavy atom. The fraction of sp³-hybridized carbons (Fsp3) is 0.600. The van der Waals surface area contributed by atoms with Crippen molar-refractivity contribution in [3.8, 4) is 0 Å². The highest BCUT2D eigenvalue weighted by Gasteiger charge is 2.20. The molecule has 0 bridgehead atoms. The zero-order valence-electron chi connectivity index (χ0n) is 10.1. The lowest BCUT2D eigenvalue weighted by Gasteiger charge is -2.20. The van der Waals surface area contributed by atoms with Crippen molar-refractivity contribution in [3.63, 3.8) is 0 Å². The van der Waals surface area contributed by atoms with Gasteiger partial charge >= 0.3 is 0 Å². The Balaban J connectivity index is 2.60. The van der Waals surface area contributed by atoms with Crippen LogP contribution >= 0.6 is 11.3 Å². The number of hydrogen-bond acceptors (Lipinski definition) is 4. The van der Waals surface area contributed by atoms with Crippen molar-refractivity contribution in [3.05, 3.63) is 22.4 Å². The van der Waals surface area contributed by atoms with E-state index in [0.29, 0.717) is 19.5 Å². The first-order chi connectivity index (χ1) is 7.97. The molecule has 0 amide bonds. The normalized spacial score (nSPS) is 14.1. The number of thiophene rings is 1. The molecule has 1 rings (SSSR count). The predicted octanol–water partition coefficient (Wildman–Crippen LogP) is 0.924. The molecule has 0 aliphatic rings. The molecule has 17 heavy (non-hydrogen) atoms. The third kappa shape index (κ3) is 4.36. The lowest BCUT2D eigenvalue weighted by Crippen LogP contribution is -2.40. The molecule has 7 heteroatoms. The van der Waals surface area contributed by atoms with Gasteiger partial charge in [-0.3, -0.25) is 0 Å². The molecule has 1 unspecified atom stereocenters. The Morgan fingerprint density at radius 1 is 1.59 bits per heavy atom. The summed E-state index contributed by atoms with van der Waals surface area (Å²) in [5.41, 5.74) is 6.34. The maximum absolute atomic E-state index is 11.9. The first-order valence-corrected chi connectivity index (χ1v) is 7.81. The van der Waals surface area contributed by atoms with Crippen molar-refractivity contribution < 1.29 is 8.42 Å². The summed E-state index contributed by atoms with van der Waals surface area (Å²) in [6.45, 7) is 2.75. The number of nitrogens with zero attached hydrogens (tertiary/aromatic N) is 1. The SMILES string of the molecule is CC(NS(=O)(=O)N(C)CCCN)c1ccsc1. The average Bonchev–Trinajstić information content (AvgIpc) is 2.78. The van der Waals surface area contributed by atoms with Gasteiger partial charge in [0.1, 0.15) is 0 Å². The molecular formula is C10H19N3O2S2. The van der Waals surface area contributed by atoms with E-state index in [4.69, 9.17) is 5.73 Å². The number of nitrogens with two attached hydrogens (primary N) is 1. The minimum atomic E-state index is -3.43. The summed E-state index contributed by atoms with van der Waals surface area (Å²) in [5.74, 6) is 0. The first-order valence-electron chi connectivity index (χ1n) is 5.43. The van der Waals surface area contributed by atoms with Crippen LogP contribution in [0.4, 0.5) is 0 Å². The third-order valence-electron chi connectivity index (χ3n) is 2.46. The quantitative estimate of drug-likeness (QED) is 0.778. The van der Waals surface area contributed by atoms with Crippen molar-refractivity contribution in [1.29, 1.82) is 0 Å². The molecule has 1 aromatic rings. The minimum Gasteiger partial charge on any atom is -0.330 e. The highest BCUT2D eigenvalue weighted by atomic mass is 32.2. The van der Waals surface area contributed by atoms with Gasteiger partial charge in [0.2, 0.25) is 0 Å². The van der Waals surface area contributed by atoms with E-state index in [0.717, 1.165) is 5.56 Å². The van der Waals surface area contributed by atoms with Crippen LogP contribution in [0, 0.1) is 0 Å². The Morgan fingerprint density at radius 2 is 2.29 bits per heavy atom. The summed E-state index contributed by atoms with van der Waals surface area (Å²) in [4.78, 5) is 0. The molecule has 5 nitrogen and oxygen atoms in total. The van der Waals surface area contributed by atoms with Crippen LogP contribution in [-0.4, -0.2) is 32.9 Å². The Kier molecular flexibility index (Phi) is 5.54. The van der Waals surface area contributed by atoms with E-state index in [2.05, 4.69) is 4.72 Å². The van der Waals surface area contributed by atoms with Crippen molar-refractivity contribution in [2.24, 2.45) is 5.73 Å². The lowest BCUT2D eigenvalue weighted by molar-refractivity contribution is 0.446. The van der Waals surface area contributed by atoms with Crippen LogP contribution in [0.3, 0.4) is 0 Å². The topological polar surface area (TPSA) is 75.4 Å². The van der Waals surface area contributed by atoms with Crippen molar-refractivity contribution in [2.45, 2.75) is 19.4 Å². The summed E-state index contributed by atoms with van der Waals surface area (Å²) in [6, 6.07) is 1.70. The van der Waals surface area contributed by atoms with Crippen LogP contribution in [0.15, 0.2) is 16.8 Å². The predicted molar refractivity (Wildman–Crippen MR) is 71.1 cm³/mol. The number of rotatable bonds is 7. The first kappa shape index (κ1) is 14.6. The minimum absolute atomic E-state index is 0.216. The Hall–Kier alpha value is -0.470. The van der Waals surface area contributed by atoms with Gasteiger partial charge in [0.25, 0.3) is 10.2 Å². The van der Waals surface area contributed by atoms with E-state index >= 15 is 0 Å². The maximum Gasteiger partial charge on any atom is 0.279 e. The molecule has 0 fully saturated rings. The van der Waals surface area contributed by atoms with Crippen molar-refractivity contribution in [2.75, 3.05) is 20.1 Å². The molecule has 1 heterocycles. The second kappa shape index (κ2) is 6.46. The van der Waals surface area contributed by atoms with Crippen LogP contribution in [0.1, 0.15) is 24.9 Å². The second-order valence-corrected chi connectivity index (χ2v) is 6.45. The second-order valence-electron chi connectivity index (χ2n) is 3.87. The molecule has 0 saturated carbocycles. The molecule has 0 aromatic carbocycles. The molecule has 1 aromatic heterocycles. The van der Waals surface area contributed by atoms with E-state index in [-0.39, 0.29) is 6.04 Å². The zero-order valence-corrected chi connectivity index (χ0v) is 11.7. The molecule has 0 spiro atoms. The van der Waals surface area contributed by atoms with Gasteiger partial charge in [-0.1, -0.05) is 0 Å². The fourth-order valence-corrected chi connectivity index (χ4v) is 3.22. The summed E-state index contributed by atoms with van der Waals surface area (Å²) < 4.78 is 27.8. The van der Waals surface area contributed by atoms with Gasteiger partial charge in [0.15, 0.2) is 0 Å². The molecular weight excluding hydrogens is 258 g/mol. The lowest BCUT2D eigenvalue weighted by atomic mass is 10.2. The highest BCUT2D eigenvalue weighted by molar-refractivity contribution is 7.87.